The van der Waals surface area contributed by atoms with Gasteiger partial charge in [-0.2, -0.15) is 11.8 Å². The fraction of sp³-hybridized carbons (Fsp3) is 0.571. The van der Waals surface area contributed by atoms with E-state index >= 15 is 0 Å². The molecule has 0 aliphatic carbocycles. The van der Waals surface area contributed by atoms with Crippen LogP contribution < -0.4 is 10.0 Å². The molecule has 0 bridgehead atoms. The van der Waals surface area contributed by atoms with Crippen LogP contribution in [0.3, 0.4) is 0 Å². The highest BCUT2D eigenvalue weighted by Crippen LogP contribution is 2.23. The first-order valence-corrected chi connectivity index (χ1v) is 10.4. The maximum atomic E-state index is 12.4. The minimum Gasteiger partial charge on any atom is -0.313 e. The van der Waals surface area contributed by atoms with Crippen molar-refractivity contribution in [3.63, 3.8) is 0 Å². The van der Waals surface area contributed by atoms with Crippen LogP contribution in [-0.2, 0) is 16.6 Å². The number of benzene rings is 1. The lowest BCUT2D eigenvalue weighted by Gasteiger charge is -2.15. The second-order valence-electron chi connectivity index (χ2n) is 4.73. The van der Waals surface area contributed by atoms with Crippen molar-refractivity contribution in [1.82, 2.24) is 10.0 Å². The Morgan fingerprint density at radius 2 is 2.05 bits per heavy atom. The summed E-state index contributed by atoms with van der Waals surface area (Å²) < 4.78 is 28.1. The molecule has 120 valence electrons. The largest absolute Gasteiger partial charge is 0.313 e. The summed E-state index contributed by atoms with van der Waals surface area (Å²) in [6.45, 7) is 7.59. The molecule has 0 heterocycles. The van der Waals surface area contributed by atoms with Gasteiger partial charge in [0, 0.05) is 22.8 Å². The Kier molecular flexibility index (Phi) is 8.26. The third-order valence-electron chi connectivity index (χ3n) is 2.79. The van der Waals surface area contributed by atoms with E-state index in [0.29, 0.717) is 4.47 Å². The first-order chi connectivity index (χ1) is 9.90. The summed E-state index contributed by atoms with van der Waals surface area (Å²) in [6, 6.07) is 5.25. The molecule has 7 heteroatoms. The van der Waals surface area contributed by atoms with E-state index in [1.165, 1.54) is 0 Å². The standard InChI is InChI=1S/C14H23BrN2O2S2/c1-4-16-9-12-6-7-14(13(15)8-12)21(18,19)17-11(3)10-20-5-2/h6-8,11,16-17H,4-5,9-10H2,1-3H3. The van der Waals surface area contributed by atoms with Gasteiger partial charge in [-0.1, -0.05) is 19.9 Å². The Morgan fingerprint density at radius 3 is 2.62 bits per heavy atom. The highest BCUT2D eigenvalue weighted by atomic mass is 79.9. The van der Waals surface area contributed by atoms with Gasteiger partial charge in [-0.15, -0.1) is 0 Å². The third kappa shape index (κ3) is 6.28. The molecule has 0 aliphatic heterocycles. The third-order valence-corrected chi connectivity index (χ3v) is 6.50. The summed E-state index contributed by atoms with van der Waals surface area (Å²) in [7, 11) is -3.49. The van der Waals surface area contributed by atoms with Gasteiger partial charge in [0.25, 0.3) is 0 Å². The Labute approximate surface area is 140 Å². The van der Waals surface area contributed by atoms with E-state index in [0.717, 1.165) is 30.2 Å². The van der Waals surface area contributed by atoms with Gasteiger partial charge in [-0.05, 0) is 52.8 Å². The van der Waals surface area contributed by atoms with E-state index in [9.17, 15) is 8.42 Å². The van der Waals surface area contributed by atoms with E-state index in [-0.39, 0.29) is 10.9 Å². The molecule has 1 rings (SSSR count). The van der Waals surface area contributed by atoms with E-state index in [1.807, 2.05) is 26.0 Å². The molecular formula is C14H23BrN2O2S2. The lowest BCUT2D eigenvalue weighted by atomic mass is 10.2. The van der Waals surface area contributed by atoms with Gasteiger partial charge in [0.2, 0.25) is 10.0 Å². The van der Waals surface area contributed by atoms with Crippen LogP contribution >= 0.6 is 27.7 Å². The number of rotatable bonds is 9. The van der Waals surface area contributed by atoms with Crippen LogP contribution in [-0.4, -0.2) is 32.5 Å². The lowest BCUT2D eigenvalue weighted by Crippen LogP contribution is -2.34. The summed E-state index contributed by atoms with van der Waals surface area (Å²) in [5.41, 5.74) is 1.05. The van der Waals surface area contributed by atoms with Crippen molar-refractivity contribution in [1.29, 1.82) is 0 Å². The van der Waals surface area contributed by atoms with Crippen LogP contribution in [0.15, 0.2) is 27.6 Å². The Balaban J connectivity index is 2.83. The Hall–Kier alpha value is -0.0800. The summed E-state index contributed by atoms with van der Waals surface area (Å²) in [5.74, 6) is 1.75. The molecule has 21 heavy (non-hydrogen) atoms. The van der Waals surface area contributed by atoms with Gasteiger partial charge in [0.1, 0.15) is 0 Å². The van der Waals surface area contributed by atoms with Crippen molar-refractivity contribution >= 4 is 37.7 Å². The maximum Gasteiger partial charge on any atom is 0.241 e. The first kappa shape index (κ1) is 19.0. The van der Waals surface area contributed by atoms with Crippen LogP contribution in [0.4, 0.5) is 0 Å². The van der Waals surface area contributed by atoms with Gasteiger partial charge in [0.15, 0.2) is 0 Å². The minimum atomic E-state index is -3.49. The zero-order chi connectivity index (χ0) is 15.9. The average molecular weight is 395 g/mol. The smallest absolute Gasteiger partial charge is 0.241 e. The van der Waals surface area contributed by atoms with Gasteiger partial charge in [0.05, 0.1) is 4.90 Å². The molecule has 0 amide bonds. The molecular weight excluding hydrogens is 372 g/mol. The molecule has 1 aromatic rings. The first-order valence-electron chi connectivity index (χ1n) is 7.00. The van der Waals surface area contributed by atoms with Crippen molar-refractivity contribution in [3.05, 3.63) is 28.2 Å². The zero-order valence-electron chi connectivity index (χ0n) is 12.6. The SMILES string of the molecule is CCNCc1ccc(S(=O)(=O)NC(C)CSCC)c(Br)c1. The molecule has 0 spiro atoms. The van der Waals surface area contributed by atoms with Gasteiger partial charge < -0.3 is 5.32 Å². The van der Waals surface area contributed by atoms with E-state index in [4.69, 9.17) is 0 Å². The van der Waals surface area contributed by atoms with Crippen LogP contribution in [0.2, 0.25) is 0 Å². The molecule has 1 atom stereocenters. The minimum absolute atomic E-state index is 0.0896. The molecule has 0 saturated heterocycles. The van der Waals surface area contributed by atoms with E-state index in [1.54, 1.807) is 17.8 Å². The fourth-order valence-electron chi connectivity index (χ4n) is 1.80. The molecule has 0 radical (unpaired) electrons. The van der Waals surface area contributed by atoms with Crippen molar-refractivity contribution in [3.8, 4) is 0 Å². The Morgan fingerprint density at radius 1 is 1.33 bits per heavy atom. The van der Waals surface area contributed by atoms with Crippen LogP contribution in [0.25, 0.3) is 0 Å². The summed E-state index contributed by atoms with van der Waals surface area (Å²) in [6.07, 6.45) is 0. The normalized spacial score (nSPS) is 13.3. The summed E-state index contributed by atoms with van der Waals surface area (Å²) in [4.78, 5) is 0.288. The highest BCUT2D eigenvalue weighted by molar-refractivity contribution is 9.10. The number of nitrogens with one attached hydrogen (secondary N) is 2. The molecule has 4 nitrogen and oxygen atoms in total. The van der Waals surface area contributed by atoms with Gasteiger partial charge >= 0.3 is 0 Å². The molecule has 0 saturated carbocycles. The van der Waals surface area contributed by atoms with Crippen molar-refractivity contribution in [2.24, 2.45) is 0 Å². The highest BCUT2D eigenvalue weighted by Gasteiger charge is 2.20. The number of hydrogen-bond donors (Lipinski definition) is 2. The second kappa shape index (κ2) is 9.15. The predicted molar refractivity (Wildman–Crippen MR) is 94.3 cm³/mol. The van der Waals surface area contributed by atoms with E-state index < -0.39 is 10.0 Å². The Bertz CT molecular complexity index is 550. The number of sulfonamides is 1. The van der Waals surface area contributed by atoms with Crippen LogP contribution in [0.5, 0.6) is 0 Å². The topological polar surface area (TPSA) is 58.2 Å². The summed E-state index contributed by atoms with van der Waals surface area (Å²) >= 11 is 5.09. The number of halogens is 1. The monoisotopic (exact) mass is 394 g/mol. The molecule has 0 aliphatic rings. The zero-order valence-corrected chi connectivity index (χ0v) is 15.9. The van der Waals surface area contributed by atoms with Crippen molar-refractivity contribution in [2.45, 2.75) is 38.3 Å². The van der Waals surface area contributed by atoms with Gasteiger partial charge in [-0.25, -0.2) is 13.1 Å². The predicted octanol–water partition coefficient (Wildman–Crippen LogP) is 2.98. The molecule has 1 aromatic carbocycles. The molecule has 2 N–H and O–H groups in total. The summed E-state index contributed by atoms with van der Waals surface area (Å²) in [5, 5.41) is 3.22. The quantitative estimate of drug-likeness (QED) is 0.675. The van der Waals surface area contributed by atoms with Gasteiger partial charge in [-0.3, -0.25) is 0 Å². The fourth-order valence-corrected chi connectivity index (χ4v) is 4.95. The average Bonchev–Trinajstić information content (AvgIpc) is 2.42. The van der Waals surface area contributed by atoms with Crippen LogP contribution in [0.1, 0.15) is 26.3 Å². The van der Waals surface area contributed by atoms with Crippen molar-refractivity contribution in [2.75, 3.05) is 18.1 Å². The molecule has 0 fully saturated rings. The number of thioether (sulfide) groups is 1. The van der Waals surface area contributed by atoms with Crippen LogP contribution in [0, 0.1) is 0 Å². The number of hydrogen-bond acceptors (Lipinski definition) is 4. The molecule has 0 aromatic heterocycles. The lowest BCUT2D eigenvalue weighted by molar-refractivity contribution is 0.570. The van der Waals surface area contributed by atoms with E-state index in [2.05, 4.69) is 32.9 Å². The second-order valence-corrected chi connectivity index (χ2v) is 8.58. The molecule has 1 unspecified atom stereocenters. The van der Waals surface area contributed by atoms with Crippen molar-refractivity contribution < 1.29 is 8.42 Å². The maximum absolute atomic E-state index is 12.4.